The minimum Gasteiger partial charge on any atom is -0.370 e. The van der Waals surface area contributed by atoms with Crippen molar-refractivity contribution >= 4 is 23.0 Å². The van der Waals surface area contributed by atoms with Crippen molar-refractivity contribution in [2.24, 2.45) is 5.84 Å². The first kappa shape index (κ1) is 10.8. The third-order valence-corrected chi connectivity index (χ3v) is 2.85. The van der Waals surface area contributed by atoms with Crippen molar-refractivity contribution in [3.05, 3.63) is 34.8 Å². The van der Waals surface area contributed by atoms with E-state index in [2.05, 4.69) is 37.5 Å². The van der Waals surface area contributed by atoms with Gasteiger partial charge in [-0.05, 0) is 28.8 Å². The molecule has 0 radical (unpaired) electrons. The fourth-order valence-electron chi connectivity index (χ4n) is 1.30. The second kappa shape index (κ2) is 5.43. The van der Waals surface area contributed by atoms with Gasteiger partial charge in [-0.2, -0.15) is 11.3 Å². The van der Waals surface area contributed by atoms with Crippen LogP contribution in [0, 0.1) is 0 Å². The van der Waals surface area contributed by atoms with Gasteiger partial charge in [-0.1, -0.05) is 0 Å². The molecule has 0 saturated heterocycles. The number of nitrogens with two attached hydrogens (primary N) is 1. The molecule has 2 aromatic rings. The lowest BCUT2D eigenvalue weighted by Crippen LogP contribution is -2.11. The van der Waals surface area contributed by atoms with E-state index in [9.17, 15) is 0 Å². The summed E-state index contributed by atoms with van der Waals surface area (Å²) in [5, 5.41) is 7.44. The number of rotatable bonds is 5. The zero-order valence-electron chi connectivity index (χ0n) is 8.68. The Hall–Kier alpha value is -1.66. The summed E-state index contributed by atoms with van der Waals surface area (Å²) in [4.78, 5) is 8.02. The molecule has 0 saturated carbocycles. The summed E-state index contributed by atoms with van der Waals surface area (Å²) in [5.41, 5.74) is 3.82. The summed E-state index contributed by atoms with van der Waals surface area (Å²) in [6.45, 7) is 0.845. The highest BCUT2D eigenvalue weighted by molar-refractivity contribution is 7.07. The first-order chi connectivity index (χ1) is 7.88. The fourth-order valence-corrected chi connectivity index (χ4v) is 2.01. The minimum absolute atomic E-state index is 0.605. The first-order valence-corrected chi connectivity index (χ1v) is 5.86. The molecule has 0 aliphatic heterocycles. The van der Waals surface area contributed by atoms with Gasteiger partial charge in [0.15, 0.2) is 0 Å². The van der Waals surface area contributed by atoms with E-state index in [0.717, 1.165) is 18.8 Å². The van der Waals surface area contributed by atoms with E-state index in [1.54, 1.807) is 17.4 Å². The van der Waals surface area contributed by atoms with Crippen LogP contribution in [-0.2, 0) is 6.42 Å². The molecule has 2 heterocycles. The highest BCUT2D eigenvalue weighted by Crippen LogP contribution is 2.09. The molecule has 4 N–H and O–H groups in total. The topological polar surface area (TPSA) is 75.9 Å². The molecule has 0 aliphatic rings. The molecule has 6 heteroatoms. The molecule has 0 aromatic carbocycles. The van der Waals surface area contributed by atoms with Crippen LogP contribution >= 0.6 is 11.3 Å². The molecule has 0 spiro atoms. The summed E-state index contributed by atoms with van der Waals surface area (Å²) >= 11 is 1.71. The molecule has 0 amide bonds. The minimum atomic E-state index is 0.605. The zero-order valence-corrected chi connectivity index (χ0v) is 9.50. The van der Waals surface area contributed by atoms with E-state index >= 15 is 0 Å². The highest BCUT2D eigenvalue weighted by Gasteiger charge is 1.97. The zero-order chi connectivity index (χ0) is 11.2. The van der Waals surface area contributed by atoms with Crippen molar-refractivity contribution in [1.29, 1.82) is 0 Å². The van der Waals surface area contributed by atoms with Crippen LogP contribution in [-0.4, -0.2) is 16.5 Å². The van der Waals surface area contributed by atoms with Gasteiger partial charge >= 0.3 is 0 Å². The molecule has 84 valence electrons. The van der Waals surface area contributed by atoms with Crippen LogP contribution in [0.2, 0.25) is 0 Å². The Morgan fingerprint density at radius 2 is 2.19 bits per heavy atom. The summed E-state index contributed by atoms with van der Waals surface area (Å²) in [6, 6.07) is 3.90. The normalized spacial score (nSPS) is 10.1. The van der Waals surface area contributed by atoms with E-state index in [1.165, 1.54) is 11.9 Å². The Balaban J connectivity index is 1.85. The lowest BCUT2D eigenvalue weighted by molar-refractivity contribution is 1.00. The molecule has 0 unspecified atom stereocenters. The average Bonchev–Trinajstić information content (AvgIpc) is 2.82. The number of hydrazine groups is 1. The molecule has 16 heavy (non-hydrogen) atoms. The summed E-state index contributed by atoms with van der Waals surface area (Å²) in [7, 11) is 0. The van der Waals surface area contributed by atoms with Crippen LogP contribution < -0.4 is 16.6 Å². The molecular formula is C10H13N5S. The summed E-state index contributed by atoms with van der Waals surface area (Å²) < 4.78 is 0. The SMILES string of the molecule is NNc1cc(NCCc2ccsc2)ncn1. The van der Waals surface area contributed by atoms with Crippen molar-refractivity contribution in [2.45, 2.75) is 6.42 Å². The molecule has 0 bridgehead atoms. The quantitative estimate of drug-likeness (QED) is 0.540. The van der Waals surface area contributed by atoms with E-state index < -0.39 is 0 Å². The second-order valence-electron chi connectivity index (χ2n) is 3.24. The van der Waals surface area contributed by atoms with Gasteiger partial charge in [0, 0.05) is 12.6 Å². The van der Waals surface area contributed by atoms with Crippen molar-refractivity contribution in [1.82, 2.24) is 9.97 Å². The summed E-state index contributed by atoms with van der Waals surface area (Å²) in [6.07, 6.45) is 2.46. The lowest BCUT2D eigenvalue weighted by Gasteiger charge is -2.05. The Bertz CT molecular complexity index is 429. The van der Waals surface area contributed by atoms with Crippen molar-refractivity contribution in [2.75, 3.05) is 17.3 Å². The Morgan fingerprint density at radius 1 is 1.31 bits per heavy atom. The van der Waals surface area contributed by atoms with E-state index in [0.29, 0.717) is 5.82 Å². The molecule has 2 rings (SSSR count). The number of thiophene rings is 1. The largest absolute Gasteiger partial charge is 0.370 e. The fraction of sp³-hybridized carbons (Fsp3) is 0.200. The van der Waals surface area contributed by atoms with Gasteiger partial charge in [-0.15, -0.1) is 0 Å². The van der Waals surface area contributed by atoms with Crippen molar-refractivity contribution < 1.29 is 0 Å². The van der Waals surface area contributed by atoms with Crippen LogP contribution in [0.4, 0.5) is 11.6 Å². The monoisotopic (exact) mass is 235 g/mol. The predicted molar refractivity (Wildman–Crippen MR) is 66.4 cm³/mol. The smallest absolute Gasteiger partial charge is 0.145 e. The number of anilines is 2. The Kier molecular flexibility index (Phi) is 3.68. The van der Waals surface area contributed by atoms with E-state index in [4.69, 9.17) is 5.84 Å². The number of nitrogens with one attached hydrogen (secondary N) is 2. The lowest BCUT2D eigenvalue weighted by atomic mass is 10.2. The Labute approximate surface area is 97.7 Å². The first-order valence-electron chi connectivity index (χ1n) is 4.92. The average molecular weight is 235 g/mol. The predicted octanol–water partition coefficient (Wildman–Crippen LogP) is 1.48. The summed E-state index contributed by atoms with van der Waals surface area (Å²) in [5.74, 6) is 6.64. The number of hydrogen-bond donors (Lipinski definition) is 3. The molecule has 0 fully saturated rings. The second-order valence-corrected chi connectivity index (χ2v) is 4.02. The third kappa shape index (κ3) is 2.91. The molecule has 5 nitrogen and oxygen atoms in total. The van der Waals surface area contributed by atoms with Gasteiger partial charge in [0.2, 0.25) is 0 Å². The molecule has 2 aromatic heterocycles. The number of hydrogen-bond acceptors (Lipinski definition) is 6. The third-order valence-electron chi connectivity index (χ3n) is 2.11. The number of nitrogen functional groups attached to an aromatic ring is 1. The molecule has 0 atom stereocenters. The Morgan fingerprint density at radius 3 is 2.94 bits per heavy atom. The maximum absolute atomic E-state index is 5.26. The number of aromatic nitrogens is 2. The van der Waals surface area contributed by atoms with E-state index in [-0.39, 0.29) is 0 Å². The maximum Gasteiger partial charge on any atom is 0.145 e. The maximum atomic E-state index is 5.26. The van der Waals surface area contributed by atoms with Crippen LogP contribution in [0.5, 0.6) is 0 Å². The van der Waals surface area contributed by atoms with Gasteiger partial charge in [0.1, 0.15) is 18.0 Å². The molecular weight excluding hydrogens is 222 g/mol. The van der Waals surface area contributed by atoms with Gasteiger partial charge < -0.3 is 10.7 Å². The van der Waals surface area contributed by atoms with Crippen LogP contribution in [0.15, 0.2) is 29.2 Å². The highest BCUT2D eigenvalue weighted by atomic mass is 32.1. The van der Waals surface area contributed by atoms with Crippen LogP contribution in [0.1, 0.15) is 5.56 Å². The van der Waals surface area contributed by atoms with E-state index in [1.807, 2.05) is 0 Å². The van der Waals surface area contributed by atoms with Gasteiger partial charge in [-0.25, -0.2) is 15.8 Å². The van der Waals surface area contributed by atoms with Gasteiger partial charge in [-0.3, -0.25) is 0 Å². The van der Waals surface area contributed by atoms with Crippen molar-refractivity contribution in [3.63, 3.8) is 0 Å². The van der Waals surface area contributed by atoms with Gasteiger partial charge in [0.05, 0.1) is 0 Å². The standard InChI is InChI=1S/C10H13N5S/c11-15-10-5-9(13-7-14-10)12-3-1-8-2-4-16-6-8/h2,4-7H,1,3,11H2,(H2,12,13,14,15). The van der Waals surface area contributed by atoms with Gasteiger partial charge in [0.25, 0.3) is 0 Å². The van der Waals surface area contributed by atoms with Crippen LogP contribution in [0.25, 0.3) is 0 Å². The number of nitrogens with zero attached hydrogens (tertiary/aromatic N) is 2. The van der Waals surface area contributed by atoms with Crippen LogP contribution in [0.3, 0.4) is 0 Å². The molecule has 0 aliphatic carbocycles. The van der Waals surface area contributed by atoms with Crippen molar-refractivity contribution in [3.8, 4) is 0 Å².